The summed E-state index contributed by atoms with van der Waals surface area (Å²) in [5.74, 6) is 6.05. The summed E-state index contributed by atoms with van der Waals surface area (Å²) in [5, 5.41) is 18.9. The predicted molar refractivity (Wildman–Crippen MR) is 173 cm³/mol. The van der Waals surface area contributed by atoms with Gasteiger partial charge in [-0.05, 0) is 0 Å². The molecule has 7 heteroatoms. The van der Waals surface area contributed by atoms with Crippen molar-refractivity contribution in [2.75, 3.05) is 0 Å². The summed E-state index contributed by atoms with van der Waals surface area (Å²) in [5.41, 5.74) is 0. The van der Waals surface area contributed by atoms with Gasteiger partial charge in [-0.2, -0.15) is 0 Å². The van der Waals surface area contributed by atoms with Crippen LogP contribution in [-0.4, -0.2) is 64.5 Å². The molecule has 0 aliphatic heterocycles. The molecular formula is C26H66Ge6O. The third-order valence-electron chi connectivity index (χ3n) is 12.6. The van der Waals surface area contributed by atoms with Gasteiger partial charge in [0.15, 0.2) is 0 Å². The second-order valence-corrected chi connectivity index (χ2v) is 173. The molecule has 0 saturated heterocycles. The van der Waals surface area contributed by atoms with Gasteiger partial charge in [0, 0.05) is 0 Å². The minimum atomic E-state index is -2.44. The molecule has 0 spiro atoms. The van der Waals surface area contributed by atoms with Crippen LogP contribution in [0.15, 0.2) is 0 Å². The van der Waals surface area contributed by atoms with Gasteiger partial charge in [-0.25, -0.2) is 0 Å². The van der Waals surface area contributed by atoms with E-state index in [0.29, 0.717) is 0 Å². The van der Waals surface area contributed by atoms with Crippen LogP contribution in [0.2, 0.25) is 74.6 Å². The summed E-state index contributed by atoms with van der Waals surface area (Å²) in [4.78, 5) is 0. The molecule has 0 heterocycles. The van der Waals surface area contributed by atoms with Crippen LogP contribution >= 0.6 is 0 Å². The average Bonchev–Trinajstić information content (AvgIpc) is 2.84. The van der Waals surface area contributed by atoms with Gasteiger partial charge < -0.3 is 0 Å². The van der Waals surface area contributed by atoms with Crippen molar-refractivity contribution in [2.24, 2.45) is 0 Å². The third kappa shape index (κ3) is 5.89. The van der Waals surface area contributed by atoms with Gasteiger partial charge in [0.05, 0.1) is 0 Å². The van der Waals surface area contributed by atoms with Gasteiger partial charge in [-0.3, -0.25) is 0 Å². The molecule has 0 saturated carbocycles. The standard InChI is InChI=1S/C26H66Ge6O/c1-15-29(16-2,17-3)27(13,30(18-4,19-5)20-6)33-28(14,31(21-7,22-8)23-9)32(24-10,25-11)26-12/h15-26H2,1-14H3. The van der Waals surface area contributed by atoms with E-state index in [1.54, 1.807) is 63.0 Å². The van der Waals surface area contributed by atoms with Crippen molar-refractivity contribution in [1.29, 1.82) is 0 Å². The Balaban J connectivity index is 7.69. The van der Waals surface area contributed by atoms with E-state index in [-0.39, 0.29) is 0 Å². The zero-order chi connectivity index (χ0) is 26.2. The van der Waals surface area contributed by atoms with E-state index in [0.717, 1.165) is 0 Å². The second kappa shape index (κ2) is 15.1. The first-order valence-corrected chi connectivity index (χ1v) is 64.8. The van der Waals surface area contributed by atoms with E-state index in [2.05, 4.69) is 94.6 Å². The molecule has 0 unspecified atom stereocenters. The number of hydrogen-bond acceptors (Lipinski definition) is 1. The van der Waals surface area contributed by atoms with Crippen LogP contribution in [0.5, 0.6) is 0 Å². The maximum atomic E-state index is 8.89. The molecule has 0 aliphatic carbocycles. The fourth-order valence-corrected chi connectivity index (χ4v) is 569. The summed E-state index contributed by atoms with van der Waals surface area (Å²) in [7, 11) is -4.88. The molecule has 0 aromatic rings. The molecule has 0 bridgehead atoms. The number of hydrogen-bond donors (Lipinski definition) is 0. The molecule has 200 valence electrons. The Hall–Kier alpha value is 3.22. The van der Waals surface area contributed by atoms with E-state index in [4.69, 9.17) is 2.79 Å². The Kier molecular flexibility index (Phi) is 16.6. The molecular weight excluding hydrogens is 764 g/mol. The van der Waals surface area contributed by atoms with E-state index in [9.17, 15) is 0 Å². The maximum absolute atomic E-state index is 8.89. The van der Waals surface area contributed by atoms with Gasteiger partial charge in [0.2, 0.25) is 0 Å². The molecule has 0 atom stereocenters. The summed E-state index contributed by atoms with van der Waals surface area (Å²) in [6.07, 6.45) is 0. The molecule has 0 fully saturated rings. The summed E-state index contributed by atoms with van der Waals surface area (Å²) < 4.78 is 8.89. The molecule has 1 nitrogen and oxygen atoms in total. The average molecular weight is 830 g/mol. The monoisotopic (exact) mass is 838 g/mol. The Morgan fingerprint density at radius 2 is 0.424 bits per heavy atom. The van der Waals surface area contributed by atoms with E-state index in [1.807, 2.05) is 0 Å². The fraction of sp³-hybridized carbons (Fsp3) is 1.00. The zero-order valence-electron chi connectivity index (χ0n) is 25.9. The molecule has 0 aromatic heterocycles. The Morgan fingerprint density at radius 3 is 0.515 bits per heavy atom. The predicted octanol–water partition coefficient (Wildman–Crippen LogP) is 10.5. The van der Waals surface area contributed by atoms with Crippen molar-refractivity contribution in [1.82, 2.24) is 0 Å². The van der Waals surface area contributed by atoms with Gasteiger partial charge in [-0.1, -0.05) is 0 Å². The van der Waals surface area contributed by atoms with Crippen molar-refractivity contribution in [2.45, 2.75) is 158 Å². The van der Waals surface area contributed by atoms with Crippen LogP contribution in [0.25, 0.3) is 0 Å². The van der Waals surface area contributed by atoms with E-state index >= 15 is 0 Å². The van der Waals surface area contributed by atoms with Gasteiger partial charge in [-0.15, -0.1) is 0 Å². The molecule has 0 N–H and O–H groups in total. The van der Waals surface area contributed by atoms with Gasteiger partial charge >= 0.3 is 225 Å². The van der Waals surface area contributed by atoms with Gasteiger partial charge in [0.1, 0.15) is 0 Å². The van der Waals surface area contributed by atoms with Gasteiger partial charge in [0.25, 0.3) is 0 Å². The first-order chi connectivity index (χ1) is 15.4. The van der Waals surface area contributed by atoms with Crippen molar-refractivity contribution in [3.05, 3.63) is 0 Å². The minimum absolute atomic E-state index is 1.57. The van der Waals surface area contributed by atoms with Crippen LogP contribution in [0.3, 0.4) is 0 Å². The summed E-state index contributed by atoms with van der Waals surface area (Å²) in [6, 6.07) is 0. The molecule has 0 rings (SSSR count). The van der Waals surface area contributed by atoms with E-state index in [1.165, 1.54) is 0 Å². The second-order valence-electron chi connectivity index (χ2n) is 11.5. The number of rotatable bonds is 18. The zero-order valence-corrected chi connectivity index (χ0v) is 38.5. The molecule has 33 heavy (non-hydrogen) atoms. The first kappa shape index (κ1) is 36.2. The molecule has 0 aromatic carbocycles. The van der Waals surface area contributed by atoms with Crippen LogP contribution in [0.4, 0.5) is 0 Å². The van der Waals surface area contributed by atoms with Crippen molar-refractivity contribution in [3.63, 3.8) is 0 Å². The first-order valence-electron chi connectivity index (χ1n) is 15.1. The molecule has 0 amide bonds. The van der Waals surface area contributed by atoms with Crippen molar-refractivity contribution >= 4 is 64.5 Å². The summed E-state index contributed by atoms with van der Waals surface area (Å²) in [6.45, 7) is 31.7. The summed E-state index contributed by atoms with van der Waals surface area (Å²) >= 11 is -8.11. The topological polar surface area (TPSA) is 9.23 Å². The van der Waals surface area contributed by atoms with E-state index < -0.39 is 64.5 Å². The fourth-order valence-electron chi connectivity index (χ4n) is 9.01. The van der Waals surface area contributed by atoms with Crippen LogP contribution < -0.4 is 0 Å². The normalized spacial score (nSPS) is 14.7. The van der Waals surface area contributed by atoms with Crippen LogP contribution in [-0.2, 0) is 2.79 Å². The van der Waals surface area contributed by atoms with Crippen LogP contribution in [0.1, 0.15) is 83.1 Å². The van der Waals surface area contributed by atoms with Crippen LogP contribution in [0, 0.1) is 0 Å². The molecule has 0 aliphatic rings. The van der Waals surface area contributed by atoms with Crippen molar-refractivity contribution < 1.29 is 2.79 Å². The molecule has 0 radical (unpaired) electrons. The Bertz CT molecular complexity index is 430. The third-order valence-corrected chi connectivity index (χ3v) is 352. The quantitative estimate of drug-likeness (QED) is 0.125. The SMILES string of the molecule is C[CH2][Ge]([CH2]C)([CH2]C)[Ge]([CH3])([O][Ge]([CH3])([Ge]([CH2]C)([CH2]C)[CH2]C)[Ge]([CH2]C)([CH2]C)[CH2]C)[Ge]([CH2]C)([CH2]C)[CH2]C. The van der Waals surface area contributed by atoms with Crippen molar-refractivity contribution in [3.8, 4) is 0 Å². The Morgan fingerprint density at radius 1 is 0.303 bits per heavy atom. The Labute approximate surface area is 222 Å².